The van der Waals surface area contributed by atoms with E-state index in [1.807, 2.05) is 0 Å². The zero-order valence-electron chi connectivity index (χ0n) is 6.79. The molecule has 0 aliphatic carbocycles. The normalized spacial score (nSPS) is 12.1. The van der Waals surface area contributed by atoms with Crippen LogP contribution in [0.4, 0.5) is 8.78 Å². The topological polar surface area (TPSA) is 67.3 Å². The van der Waals surface area contributed by atoms with Gasteiger partial charge in [-0.2, -0.15) is 0 Å². The van der Waals surface area contributed by atoms with Crippen LogP contribution in [0.1, 0.15) is 12.0 Å². The van der Waals surface area contributed by atoms with Crippen LogP contribution in [0.15, 0.2) is 15.7 Å². The van der Waals surface area contributed by atoms with E-state index in [0.29, 0.717) is 6.07 Å². The van der Waals surface area contributed by atoms with Gasteiger partial charge < -0.3 is 5.11 Å². The molecule has 1 heterocycles. The van der Waals surface area contributed by atoms with Crippen LogP contribution >= 0.6 is 26.6 Å². The van der Waals surface area contributed by atoms with Gasteiger partial charge in [0.1, 0.15) is 10.4 Å². The van der Waals surface area contributed by atoms with Gasteiger partial charge in [-0.3, -0.25) is 0 Å². The highest BCUT2D eigenvalue weighted by Gasteiger charge is 2.25. The molecule has 0 unspecified atom stereocenters. The number of pyridine rings is 1. The lowest BCUT2D eigenvalue weighted by atomic mass is 10.3. The molecule has 0 radical (unpaired) electrons. The van der Waals surface area contributed by atoms with Crippen molar-refractivity contribution in [2.45, 2.75) is 11.5 Å². The predicted octanol–water partition coefficient (Wildman–Crippen LogP) is 2.41. The zero-order valence-corrected chi connectivity index (χ0v) is 9.94. The van der Waals surface area contributed by atoms with Crippen molar-refractivity contribution in [3.05, 3.63) is 16.2 Å². The molecular weight excluding hydrogens is 319 g/mol. The van der Waals surface area contributed by atoms with Crippen LogP contribution in [-0.4, -0.2) is 18.5 Å². The maximum atomic E-state index is 12.4. The lowest BCUT2D eigenvalue weighted by Gasteiger charge is -2.06. The Bertz CT molecular complexity index is 493. The van der Waals surface area contributed by atoms with Gasteiger partial charge in [-0.25, -0.2) is 22.2 Å². The smallest absolute Gasteiger partial charge is 0.279 e. The van der Waals surface area contributed by atoms with Gasteiger partial charge in [-0.05, 0) is 22.0 Å². The van der Waals surface area contributed by atoms with Gasteiger partial charge in [0, 0.05) is 10.7 Å². The molecule has 84 valence electrons. The zero-order chi connectivity index (χ0) is 11.8. The Morgan fingerprint density at radius 2 is 2.07 bits per heavy atom. The quantitative estimate of drug-likeness (QED) is 0.671. The fourth-order valence-corrected chi connectivity index (χ4v) is 2.24. The second kappa shape index (κ2) is 4.18. The number of alkyl halides is 2. The molecule has 0 aromatic carbocycles. The summed E-state index contributed by atoms with van der Waals surface area (Å²) >= 11 is 2.69. The molecule has 0 fully saturated rings. The van der Waals surface area contributed by atoms with Gasteiger partial charge in [0.05, 0.1) is 5.56 Å². The Balaban J connectivity index is 3.56. The SMILES string of the molecule is O=S(=O)(Cl)c1nc(Br)c(O)cc1C(F)F. The van der Waals surface area contributed by atoms with Gasteiger partial charge in [0.25, 0.3) is 15.5 Å². The molecule has 15 heavy (non-hydrogen) atoms. The van der Waals surface area contributed by atoms with E-state index in [-0.39, 0.29) is 4.60 Å². The maximum absolute atomic E-state index is 12.4. The molecule has 0 bridgehead atoms. The Labute approximate surface area is 96.4 Å². The number of aromatic nitrogens is 1. The van der Waals surface area contributed by atoms with Gasteiger partial charge in [-0.15, -0.1) is 0 Å². The van der Waals surface area contributed by atoms with Crippen LogP contribution in [0.25, 0.3) is 0 Å². The molecule has 1 rings (SSSR count). The van der Waals surface area contributed by atoms with Gasteiger partial charge in [0.2, 0.25) is 0 Å². The monoisotopic (exact) mass is 321 g/mol. The molecular formula is C6H3BrClF2NO3S. The van der Waals surface area contributed by atoms with E-state index in [9.17, 15) is 17.2 Å². The first-order valence-electron chi connectivity index (χ1n) is 3.35. The van der Waals surface area contributed by atoms with Crippen molar-refractivity contribution in [3.8, 4) is 5.75 Å². The van der Waals surface area contributed by atoms with Crippen molar-refractivity contribution in [3.63, 3.8) is 0 Å². The van der Waals surface area contributed by atoms with Crippen LogP contribution in [0.5, 0.6) is 5.75 Å². The number of nitrogens with zero attached hydrogens (tertiary/aromatic N) is 1. The van der Waals surface area contributed by atoms with E-state index in [1.54, 1.807) is 0 Å². The van der Waals surface area contributed by atoms with Crippen LogP contribution in [-0.2, 0) is 9.05 Å². The first kappa shape index (κ1) is 12.6. The first-order valence-corrected chi connectivity index (χ1v) is 6.46. The van der Waals surface area contributed by atoms with Crippen LogP contribution < -0.4 is 0 Å². The first-order chi connectivity index (χ1) is 6.73. The minimum Gasteiger partial charge on any atom is -0.505 e. The van der Waals surface area contributed by atoms with E-state index < -0.39 is 31.8 Å². The highest BCUT2D eigenvalue weighted by atomic mass is 79.9. The van der Waals surface area contributed by atoms with E-state index in [1.165, 1.54) is 0 Å². The molecule has 0 saturated heterocycles. The second-order valence-corrected chi connectivity index (χ2v) is 5.66. The summed E-state index contributed by atoms with van der Waals surface area (Å²) < 4.78 is 46.3. The van der Waals surface area contributed by atoms with Crippen LogP contribution in [0.2, 0.25) is 0 Å². The lowest BCUT2D eigenvalue weighted by molar-refractivity contribution is 0.146. The van der Waals surface area contributed by atoms with Crippen molar-refractivity contribution in [1.29, 1.82) is 0 Å². The number of rotatable bonds is 2. The Morgan fingerprint density at radius 1 is 1.53 bits per heavy atom. The highest BCUT2D eigenvalue weighted by molar-refractivity contribution is 9.10. The summed E-state index contributed by atoms with van der Waals surface area (Å²) in [4.78, 5) is 3.23. The molecule has 9 heteroatoms. The summed E-state index contributed by atoms with van der Waals surface area (Å²) in [6, 6.07) is 0.594. The van der Waals surface area contributed by atoms with Gasteiger partial charge in [0.15, 0.2) is 5.03 Å². The van der Waals surface area contributed by atoms with Crippen molar-refractivity contribution < 1.29 is 22.3 Å². The molecule has 0 saturated carbocycles. The molecule has 1 N–H and O–H groups in total. The van der Waals surface area contributed by atoms with E-state index in [2.05, 4.69) is 20.9 Å². The Hall–Kier alpha value is -0.470. The number of halogens is 4. The van der Waals surface area contributed by atoms with Crippen molar-refractivity contribution >= 4 is 35.7 Å². The fourth-order valence-electron chi connectivity index (χ4n) is 0.831. The van der Waals surface area contributed by atoms with Gasteiger partial charge >= 0.3 is 0 Å². The molecule has 1 aromatic rings. The molecule has 0 amide bonds. The predicted molar refractivity (Wildman–Crippen MR) is 51.6 cm³/mol. The number of hydrogen-bond acceptors (Lipinski definition) is 4. The van der Waals surface area contributed by atoms with Crippen LogP contribution in [0.3, 0.4) is 0 Å². The molecule has 0 aliphatic heterocycles. The summed E-state index contributed by atoms with van der Waals surface area (Å²) in [5.74, 6) is -0.589. The fraction of sp³-hybridized carbons (Fsp3) is 0.167. The Morgan fingerprint density at radius 3 is 2.47 bits per heavy atom. The Kier molecular flexibility index (Phi) is 3.51. The molecule has 0 aliphatic rings. The third-order valence-corrected chi connectivity index (χ3v) is 3.23. The van der Waals surface area contributed by atoms with E-state index >= 15 is 0 Å². The van der Waals surface area contributed by atoms with Gasteiger partial charge in [-0.1, -0.05) is 0 Å². The average molecular weight is 323 g/mol. The maximum Gasteiger partial charge on any atom is 0.279 e. The van der Waals surface area contributed by atoms with E-state index in [0.717, 1.165) is 0 Å². The summed E-state index contributed by atoms with van der Waals surface area (Å²) in [5, 5.41) is 8.09. The molecule has 4 nitrogen and oxygen atoms in total. The summed E-state index contributed by atoms with van der Waals surface area (Å²) in [7, 11) is 0.528. The molecule has 1 aromatic heterocycles. The number of hydrogen-bond donors (Lipinski definition) is 1. The lowest BCUT2D eigenvalue weighted by Crippen LogP contribution is -2.02. The highest BCUT2D eigenvalue weighted by Crippen LogP contribution is 2.33. The standard InChI is InChI=1S/C6H3BrClF2NO3S/c7-4-3(12)1-2(5(9)10)6(11-4)15(8,13)14/h1,5,12H. The minimum absolute atomic E-state index is 0.272. The summed E-state index contributed by atoms with van der Waals surface area (Å²) in [5.41, 5.74) is -0.939. The minimum atomic E-state index is -4.38. The number of aromatic hydroxyl groups is 1. The van der Waals surface area contributed by atoms with Crippen molar-refractivity contribution in [2.24, 2.45) is 0 Å². The summed E-state index contributed by atoms with van der Waals surface area (Å²) in [6.07, 6.45) is -3.10. The van der Waals surface area contributed by atoms with Crippen molar-refractivity contribution in [1.82, 2.24) is 4.98 Å². The second-order valence-electron chi connectivity index (χ2n) is 2.43. The van der Waals surface area contributed by atoms with Crippen molar-refractivity contribution in [2.75, 3.05) is 0 Å². The summed E-state index contributed by atoms with van der Waals surface area (Å²) in [6.45, 7) is 0. The van der Waals surface area contributed by atoms with E-state index in [4.69, 9.17) is 15.8 Å². The van der Waals surface area contributed by atoms with Crippen LogP contribution in [0, 0.1) is 0 Å². The third-order valence-electron chi connectivity index (χ3n) is 1.42. The largest absolute Gasteiger partial charge is 0.505 e. The molecule has 0 spiro atoms. The molecule has 0 atom stereocenters. The third kappa shape index (κ3) is 2.76. The average Bonchev–Trinajstić information content (AvgIpc) is 2.06.